The van der Waals surface area contributed by atoms with Crippen molar-refractivity contribution in [3.05, 3.63) is 0 Å². The molecule has 0 bridgehead atoms. The monoisotopic (exact) mass is 273 g/mol. The molecule has 0 saturated carbocycles. The Morgan fingerprint density at radius 3 is 2.21 bits per heavy atom. The number of carbonyl (C=O) groups excluding carboxylic acids is 2. The number of carboxylic acid groups (broad SMARTS) is 1. The molecule has 0 spiro atoms. The van der Waals surface area contributed by atoms with Crippen molar-refractivity contribution < 1.29 is 19.5 Å². The number of hydrogen-bond acceptors (Lipinski definition) is 3. The van der Waals surface area contributed by atoms with Gasteiger partial charge in [-0.2, -0.15) is 0 Å². The van der Waals surface area contributed by atoms with Crippen LogP contribution in [0.4, 0.5) is 4.79 Å². The van der Waals surface area contributed by atoms with Crippen molar-refractivity contribution in [2.45, 2.75) is 39.7 Å². The molecule has 7 heteroatoms. The summed E-state index contributed by atoms with van der Waals surface area (Å²) in [7, 11) is 0. The summed E-state index contributed by atoms with van der Waals surface area (Å²) in [6.45, 7) is 7.62. The minimum Gasteiger partial charge on any atom is -0.481 e. The minimum atomic E-state index is -0.989. The zero-order valence-electron chi connectivity index (χ0n) is 11.9. The van der Waals surface area contributed by atoms with Crippen LogP contribution in [-0.2, 0) is 9.59 Å². The normalized spacial score (nSPS) is 10.7. The average Bonchev–Trinajstić information content (AvgIpc) is 2.23. The van der Waals surface area contributed by atoms with E-state index in [9.17, 15) is 14.4 Å². The second kappa shape index (κ2) is 7.60. The maximum absolute atomic E-state index is 12.0. The molecule has 0 fully saturated rings. The van der Waals surface area contributed by atoms with Gasteiger partial charge in [-0.05, 0) is 27.7 Å². The number of hydrogen-bond donors (Lipinski definition) is 3. The number of amides is 3. The lowest BCUT2D eigenvalue weighted by Gasteiger charge is -2.29. The topological polar surface area (TPSA) is 98.7 Å². The highest BCUT2D eigenvalue weighted by Crippen LogP contribution is 2.09. The number of carboxylic acids is 1. The molecule has 0 saturated heterocycles. The Morgan fingerprint density at radius 2 is 1.79 bits per heavy atom. The molecule has 19 heavy (non-hydrogen) atoms. The van der Waals surface area contributed by atoms with Crippen LogP contribution in [0.5, 0.6) is 0 Å². The number of aliphatic carboxylic acids is 1. The first kappa shape index (κ1) is 17.2. The first-order valence-electron chi connectivity index (χ1n) is 6.27. The SMILES string of the molecule is CCNC(=O)CN(CC)C(=O)NC(C)(C)CC(=O)O. The number of likely N-dealkylation sites (N-methyl/N-ethyl adjacent to an activating group) is 2. The number of nitrogens with one attached hydrogen (secondary N) is 2. The van der Waals surface area contributed by atoms with Gasteiger partial charge in [-0.3, -0.25) is 9.59 Å². The quantitative estimate of drug-likeness (QED) is 0.625. The van der Waals surface area contributed by atoms with E-state index in [-0.39, 0.29) is 18.9 Å². The molecule has 110 valence electrons. The molecule has 0 radical (unpaired) electrons. The summed E-state index contributed by atoms with van der Waals surface area (Å²) < 4.78 is 0. The highest BCUT2D eigenvalue weighted by molar-refractivity contribution is 5.84. The first-order chi connectivity index (χ1) is 8.71. The Kier molecular flexibility index (Phi) is 6.89. The van der Waals surface area contributed by atoms with Gasteiger partial charge in [-0.15, -0.1) is 0 Å². The lowest BCUT2D eigenvalue weighted by Crippen LogP contribution is -2.52. The molecule has 3 amide bonds. The highest BCUT2D eigenvalue weighted by Gasteiger charge is 2.26. The van der Waals surface area contributed by atoms with Crippen LogP contribution in [0, 0.1) is 0 Å². The Hall–Kier alpha value is -1.79. The average molecular weight is 273 g/mol. The van der Waals surface area contributed by atoms with Gasteiger partial charge in [0.25, 0.3) is 0 Å². The van der Waals surface area contributed by atoms with E-state index in [1.807, 2.05) is 0 Å². The molecule has 0 rings (SSSR count). The molecular formula is C12H23N3O4. The standard InChI is InChI=1S/C12H23N3O4/c1-5-13-9(16)8-15(6-2)11(19)14-12(3,4)7-10(17)18/h5-8H2,1-4H3,(H,13,16)(H,14,19)(H,17,18). The second-order valence-electron chi connectivity index (χ2n) is 4.85. The summed E-state index contributed by atoms with van der Waals surface area (Å²) in [4.78, 5) is 35.4. The van der Waals surface area contributed by atoms with Gasteiger partial charge in [0, 0.05) is 18.6 Å². The van der Waals surface area contributed by atoms with Crippen molar-refractivity contribution in [1.82, 2.24) is 15.5 Å². The van der Waals surface area contributed by atoms with Crippen LogP contribution in [-0.4, -0.2) is 53.1 Å². The second-order valence-corrected chi connectivity index (χ2v) is 4.85. The molecule has 0 aromatic carbocycles. The number of rotatable bonds is 7. The van der Waals surface area contributed by atoms with E-state index < -0.39 is 17.5 Å². The molecule has 0 unspecified atom stereocenters. The minimum absolute atomic E-state index is 0.0423. The van der Waals surface area contributed by atoms with E-state index in [0.29, 0.717) is 13.1 Å². The summed E-state index contributed by atoms with van der Waals surface area (Å²) in [5.41, 5.74) is -0.864. The van der Waals surface area contributed by atoms with Crippen LogP contribution < -0.4 is 10.6 Å². The van der Waals surface area contributed by atoms with Gasteiger partial charge >= 0.3 is 12.0 Å². The van der Waals surface area contributed by atoms with Gasteiger partial charge < -0.3 is 20.6 Å². The number of nitrogens with zero attached hydrogens (tertiary/aromatic N) is 1. The van der Waals surface area contributed by atoms with Crippen molar-refractivity contribution in [1.29, 1.82) is 0 Å². The smallest absolute Gasteiger partial charge is 0.318 e. The molecule has 0 aliphatic carbocycles. The van der Waals surface area contributed by atoms with Crippen LogP contribution in [0.3, 0.4) is 0 Å². The Balaban J connectivity index is 4.51. The predicted octanol–water partition coefficient (Wildman–Crippen LogP) is 0.407. The van der Waals surface area contributed by atoms with Crippen LogP contribution in [0.1, 0.15) is 34.1 Å². The highest BCUT2D eigenvalue weighted by atomic mass is 16.4. The van der Waals surface area contributed by atoms with Crippen molar-refractivity contribution in [2.24, 2.45) is 0 Å². The molecule has 7 nitrogen and oxygen atoms in total. The summed E-state index contributed by atoms with van der Waals surface area (Å²) in [6.07, 6.45) is -0.183. The maximum Gasteiger partial charge on any atom is 0.318 e. The third-order valence-electron chi connectivity index (χ3n) is 2.42. The molecule has 0 heterocycles. The van der Waals surface area contributed by atoms with Gasteiger partial charge in [-0.25, -0.2) is 4.79 Å². The van der Waals surface area contributed by atoms with E-state index in [2.05, 4.69) is 10.6 Å². The van der Waals surface area contributed by atoms with Crippen molar-refractivity contribution in [3.63, 3.8) is 0 Å². The molecule has 0 aromatic rings. The van der Waals surface area contributed by atoms with E-state index in [1.54, 1.807) is 27.7 Å². The summed E-state index contributed by atoms with van der Waals surface area (Å²) >= 11 is 0. The fraction of sp³-hybridized carbons (Fsp3) is 0.750. The maximum atomic E-state index is 12.0. The zero-order chi connectivity index (χ0) is 15.1. The van der Waals surface area contributed by atoms with Crippen LogP contribution in [0.15, 0.2) is 0 Å². The first-order valence-corrected chi connectivity index (χ1v) is 6.27. The predicted molar refractivity (Wildman–Crippen MR) is 70.8 cm³/mol. The Labute approximate surface area is 113 Å². The van der Waals surface area contributed by atoms with Crippen LogP contribution in [0.25, 0.3) is 0 Å². The van der Waals surface area contributed by atoms with Gasteiger partial charge in [-0.1, -0.05) is 0 Å². The van der Waals surface area contributed by atoms with E-state index in [4.69, 9.17) is 5.11 Å². The summed E-state index contributed by atoms with van der Waals surface area (Å²) in [5, 5.41) is 14.0. The van der Waals surface area contributed by atoms with Crippen LogP contribution >= 0.6 is 0 Å². The van der Waals surface area contributed by atoms with Gasteiger partial charge in [0.2, 0.25) is 5.91 Å². The molecule has 0 aliphatic rings. The van der Waals surface area contributed by atoms with Crippen LogP contribution in [0.2, 0.25) is 0 Å². The van der Waals surface area contributed by atoms with Crippen molar-refractivity contribution in [2.75, 3.05) is 19.6 Å². The zero-order valence-corrected chi connectivity index (χ0v) is 11.9. The summed E-state index contributed by atoms with van der Waals surface area (Å²) in [5.74, 6) is -1.23. The molecule has 0 atom stereocenters. The third-order valence-corrected chi connectivity index (χ3v) is 2.42. The molecular weight excluding hydrogens is 250 g/mol. The van der Waals surface area contributed by atoms with Gasteiger partial charge in [0.1, 0.15) is 6.54 Å². The number of carbonyl (C=O) groups is 3. The number of urea groups is 1. The Bertz CT molecular complexity index is 342. The van der Waals surface area contributed by atoms with Gasteiger partial charge in [0.05, 0.1) is 6.42 Å². The van der Waals surface area contributed by atoms with E-state index in [1.165, 1.54) is 4.90 Å². The lowest BCUT2D eigenvalue weighted by molar-refractivity contribution is -0.138. The van der Waals surface area contributed by atoms with E-state index in [0.717, 1.165) is 0 Å². The Morgan fingerprint density at radius 1 is 1.21 bits per heavy atom. The molecule has 3 N–H and O–H groups in total. The fourth-order valence-corrected chi connectivity index (χ4v) is 1.54. The third kappa shape index (κ3) is 7.28. The fourth-order valence-electron chi connectivity index (χ4n) is 1.54. The lowest BCUT2D eigenvalue weighted by atomic mass is 10.0. The van der Waals surface area contributed by atoms with E-state index >= 15 is 0 Å². The summed E-state index contributed by atoms with van der Waals surface area (Å²) in [6, 6.07) is -0.444. The molecule has 0 aromatic heterocycles. The largest absolute Gasteiger partial charge is 0.481 e. The van der Waals surface area contributed by atoms with Crippen molar-refractivity contribution >= 4 is 17.9 Å². The van der Waals surface area contributed by atoms with Crippen molar-refractivity contribution in [3.8, 4) is 0 Å². The molecule has 0 aliphatic heterocycles. The van der Waals surface area contributed by atoms with Gasteiger partial charge in [0.15, 0.2) is 0 Å².